The van der Waals surface area contributed by atoms with Gasteiger partial charge in [0, 0.05) is 30.9 Å². The number of para-hydroxylation sites is 1. The molecule has 0 spiro atoms. The van der Waals surface area contributed by atoms with E-state index >= 15 is 0 Å². The first-order chi connectivity index (χ1) is 9.25. The number of hydrogen-bond donors (Lipinski definition) is 1. The van der Waals surface area contributed by atoms with Crippen molar-refractivity contribution in [3.63, 3.8) is 0 Å². The Balaban J connectivity index is 1.75. The normalized spacial score (nSPS) is 22.5. The van der Waals surface area contributed by atoms with Crippen molar-refractivity contribution in [3.8, 4) is 0 Å². The van der Waals surface area contributed by atoms with Crippen molar-refractivity contribution in [1.82, 2.24) is 4.90 Å². The van der Waals surface area contributed by atoms with Gasteiger partial charge in [0.05, 0.1) is 12.6 Å². The molecule has 0 aromatic heterocycles. The highest BCUT2D eigenvalue weighted by Crippen LogP contribution is 2.33. The molecule has 1 saturated heterocycles. The molecule has 1 N–H and O–H groups in total. The van der Waals surface area contributed by atoms with Gasteiger partial charge in [0.1, 0.15) is 0 Å². The van der Waals surface area contributed by atoms with Crippen LogP contribution in [0, 0.1) is 0 Å². The predicted octanol–water partition coefficient (Wildman–Crippen LogP) is 1.55. The van der Waals surface area contributed by atoms with Crippen LogP contribution in [0.5, 0.6) is 0 Å². The second-order valence-electron chi connectivity index (χ2n) is 5.37. The van der Waals surface area contributed by atoms with Gasteiger partial charge < -0.3 is 14.9 Å². The molecule has 102 valence electrons. The Morgan fingerprint density at radius 2 is 1.95 bits per heavy atom. The molecule has 2 aliphatic heterocycles. The summed E-state index contributed by atoms with van der Waals surface area (Å²) < 4.78 is 0. The lowest BCUT2D eigenvalue weighted by molar-refractivity contribution is -0.128. The molecule has 1 aromatic rings. The molecule has 0 radical (unpaired) electrons. The molecule has 1 atom stereocenters. The summed E-state index contributed by atoms with van der Waals surface area (Å²) >= 11 is 0. The van der Waals surface area contributed by atoms with Crippen molar-refractivity contribution < 1.29 is 9.90 Å². The Labute approximate surface area is 113 Å². The van der Waals surface area contributed by atoms with Crippen LogP contribution in [-0.2, 0) is 4.79 Å². The van der Waals surface area contributed by atoms with E-state index in [1.807, 2.05) is 29.2 Å². The number of anilines is 1. The van der Waals surface area contributed by atoms with E-state index in [0.29, 0.717) is 13.0 Å². The van der Waals surface area contributed by atoms with Gasteiger partial charge in [0.2, 0.25) is 5.91 Å². The van der Waals surface area contributed by atoms with Gasteiger partial charge in [0.15, 0.2) is 0 Å². The van der Waals surface area contributed by atoms with Crippen molar-refractivity contribution in [2.45, 2.75) is 25.4 Å². The summed E-state index contributed by atoms with van der Waals surface area (Å²) in [6.45, 7) is 2.98. The van der Waals surface area contributed by atoms with Crippen LogP contribution >= 0.6 is 0 Å². The van der Waals surface area contributed by atoms with Crippen molar-refractivity contribution in [2.24, 2.45) is 0 Å². The third-order valence-corrected chi connectivity index (χ3v) is 4.09. The predicted molar refractivity (Wildman–Crippen MR) is 74.0 cm³/mol. The Kier molecular flexibility index (Phi) is 3.42. The molecule has 2 heterocycles. The van der Waals surface area contributed by atoms with Crippen LogP contribution in [0.4, 0.5) is 5.69 Å². The Morgan fingerprint density at radius 3 is 2.74 bits per heavy atom. The fourth-order valence-corrected chi connectivity index (χ4v) is 3.01. The maximum Gasteiger partial charge on any atom is 0.242 e. The van der Waals surface area contributed by atoms with Crippen molar-refractivity contribution in [1.29, 1.82) is 0 Å². The Hall–Kier alpha value is -1.55. The zero-order valence-corrected chi connectivity index (χ0v) is 11.1. The van der Waals surface area contributed by atoms with Gasteiger partial charge >= 0.3 is 0 Å². The number of aliphatic hydroxyl groups is 1. The number of rotatable bonds is 2. The third kappa shape index (κ3) is 2.45. The molecule has 1 aromatic carbocycles. The van der Waals surface area contributed by atoms with Gasteiger partial charge in [-0.1, -0.05) is 18.2 Å². The Bertz CT molecular complexity index is 469. The number of carbonyl (C=O) groups is 1. The van der Waals surface area contributed by atoms with Gasteiger partial charge in [0.25, 0.3) is 0 Å². The third-order valence-electron chi connectivity index (χ3n) is 4.09. The van der Waals surface area contributed by atoms with Crippen LogP contribution in [0.2, 0.25) is 0 Å². The Morgan fingerprint density at radius 1 is 1.21 bits per heavy atom. The molecule has 1 fully saturated rings. The van der Waals surface area contributed by atoms with Crippen LogP contribution < -0.4 is 4.90 Å². The van der Waals surface area contributed by atoms with E-state index < -0.39 is 6.10 Å². The number of likely N-dealkylation sites (tertiary alicyclic amines) is 1. The summed E-state index contributed by atoms with van der Waals surface area (Å²) in [5.41, 5.74) is 1.96. The molecule has 2 aliphatic rings. The SMILES string of the molecule is O=C(CN1CCC(O)c2ccccc21)N1CCCC1. The smallest absolute Gasteiger partial charge is 0.242 e. The number of fused-ring (bicyclic) bond motifs is 1. The maximum atomic E-state index is 12.2. The average Bonchev–Trinajstić information content (AvgIpc) is 2.96. The van der Waals surface area contributed by atoms with Gasteiger partial charge in [-0.2, -0.15) is 0 Å². The van der Waals surface area contributed by atoms with E-state index in [9.17, 15) is 9.90 Å². The number of benzene rings is 1. The zero-order valence-electron chi connectivity index (χ0n) is 11.1. The minimum absolute atomic E-state index is 0.212. The van der Waals surface area contributed by atoms with E-state index in [2.05, 4.69) is 4.90 Å². The first kappa shape index (κ1) is 12.5. The fraction of sp³-hybridized carbons (Fsp3) is 0.533. The van der Waals surface area contributed by atoms with Gasteiger partial charge in [-0.25, -0.2) is 0 Å². The number of amides is 1. The fourth-order valence-electron chi connectivity index (χ4n) is 3.01. The summed E-state index contributed by atoms with van der Waals surface area (Å²) in [6, 6.07) is 7.85. The average molecular weight is 260 g/mol. The highest BCUT2D eigenvalue weighted by atomic mass is 16.3. The van der Waals surface area contributed by atoms with Crippen LogP contribution in [0.1, 0.15) is 30.9 Å². The second-order valence-corrected chi connectivity index (χ2v) is 5.37. The quantitative estimate of drug-likeness (QED) is 0.877. The minimum atomic E-state index is -0.394. The zero-order chi connectivity index (χ0) is 13.2. The van der Waals surface area contributed by atoms with Gasteiger partial charge in [-0.15, -0.1) is 0 Å². The molecule has 19 heavy (non-hydrogen) atoms. The van der Waals surface area contributed by atoms with Crippen molar-refractivity contribution in [2.75, 3.05) is 31.1 Å². The van der Waals surface area contributed by atoms with E-state index in [1.54, 1.807) is 0 Å². The minimum Gasteiger partial charge on any atom is -0.388 e. The first-order valence-corrected chi connectivity index (χ1v) is 7.05. The number of carbonyl (C=O) groups excluding carboxylic acids is 1. The summed E-state index contributed by atoms with van der Waals surface area (Å²) in [7, 11) is 0. The molecule has 0 bridgehead atoms. The van der Waals surface area contributed by atoms with Crippen LogP contribution in [-0.4, -0.2) is 42.1 Å². The number of hydrogen-bond acceptors (Lipinski definition) is 3. The number of aliphatic hydroxyl groups excluding tert-OH is 1. The molecule has 1 unspecified atom stereocenters. The van der Waals surface area contributed by atoms with Gasteiger partial charge in [-0.05, 0) is 25.3 Å². The molecule has 1 amide bonds. The van der Waals surface area contributed by atoms with E-state index in [1.165, 1.54) is 0 Å². The van der Waals surface area contributed by atoms with Crippen LogP contribution in [0.25, 0.3) is 0 Å². The second kappa shape index (κ2) is 5.21. The maximum absolute atomic E-state index is 12.2. The summed E-state index contributed by atoms with van der Waals surface area (Å²) in [5.74, 6) is 0.212. The molecular weight excluding hydrogens is 240 g/mol. The summed E-state index contributed by atoms with van der Waals surface area (Å²) in [4.78, 5) is 16.3. The molecule has 0 saturated carbocycles. The van der Waals surface area contributed by atoms with E-state index in [-0.39, 0.29) is 5.91 Å². The van der Waals surface area contributed by atoms with Crippen LogP contribution in [0.15, 0.2) is 24.3 Å². The van der Waals surface area contributed by atoms with E-state index in [0.717, 1.165) is 43.7 Å². The van der Waals surface area contributed by atoms with Crippen molar-refractivity contribution >= 4 is 11.6 Å². The topological polar surface area (TPSA) is 43.8 Å². The lowest BCUT2D eigenvalue weighted by atomic mass is 9.99. The summed E-state index contributed by atoms with van der Waals surface area (Å²) in [5, 5.41) is 10.0. The molecule has 4 heteroatoms. The molecular formula is C15H20N2O2. The van der Waals surface area contributed by atoms with Crippen molar-refractivity contribution in [3.05, 3.63) is 29.8 Å². The largest absolute Gasteiger partial charge is 0.388 e. The van der Waals surface area contributed by atoms with Gasteiger partial charge in [-0.3, -0.25) is 4.79 Å². The van der Waals surface area contributed by atoms with Crippen LogP contribution in [0.3, 0.4) is 0 Å². The highest BCUT2D eigenvalue weighted by Gasteiger charge is 2.26. The highest BCUT2D eigenvalue weighted by molar-refractivity contribution is 5.82. The summed E-state index contributed by atoms with van der Waals surface area (Å²) in [6.07, 6.45) is 2.56. The monoisotopic (exact) mass is 260 g/mol. The number of nitrogens with zero attached hydrogens (tertiary/aromatic N) is 2. The van der Waals surface area contributed by atoms with E-state index in [4.69, 9.17) is 0 Å². The lowest BCUT2D eigenvalue weighted by Crippen LogP contribution is -2.41. The molecule has 3 rings (SSSR count). The molecule has 4 nitrogen and oxygen atoms in total. The first-order valence-electron chi connectivity index (χ1n) is 7.05. The molecule has 0 aliphatic carbocycles. The standard InChI is InChI=1S/C15H20N2O2/c18-14-7-10-17(13-6-2-1-5-12(13)14)11-15(19)16-8-3-4-9-16/h1-2,5-6,14,18H,3-4,7-11H2. The lowest BCUT2D eigenvalue weighted by Gasteiger charge is -2.34.